The average Bonchev–Trinajstić information content (AvgIpc) is 2.18. The number of nitrogens with two attached hydrogens (primary N) is 2. The maximum Gasteiger partial charge on any atom is 0.0558 e. The van der Waals surface area contributed by atoms with Crippen molar-refractivity contribution >= 4 is 6.21 Å². The quantitative estimate of drug-likeness (QED) is 0.360. The molecule has 0 bridgehead atoms. The normalized spacial score (nSPS) is 21.1. The summed E-state index contributed by atoms with van der Waals surface area (Å²) in [6.45, 7) is 4.21. The van der Waals surface area contributed by atoms with Gasteiger partial charge in [-0.25, -0.2) is 0 Å². The van der Waals surface area contributed by atoms with E-state index < -0.39 is 0 Å². The lowest BCUT2D eigenvalue weighted by molar-refractivity contribution is 0.627. The Labute approximate surface area is 78.5 Å². The number of hydrogen-bond donors (Lipinski definition) is 2. The van der Waals surface area contributed by atoms with Crippen LogP contribution in [0.1, 0.15) is 13.8 Å². The summed E-state index contributed by atoms with van der Waals surface area (Å²) in [4.78, 5) is 0. The third-order valence-corrected chi connectivity index (χ3v) is 1.93. The monoisotopic (exact) mass is 177 g/mol. The molecular weight excluding hydrogens is 162 g/mol. The molecule has 13 heavy (non-hydrogen) atoms. The molecule has 70 valence electrons. The standard InChI is InChI=1S/C10H15N3/c1-10(2)5-3-8(7-13-12)9(11)4-6-10/h3-7H,11-12H2,1-2H3/b13-7-. The van der Waals surface area contributed by atoms with E-state index >= 15 is 0 Å². The minimum absolute atomic E-state index is 0.0365. The maximum absolute atomic E-state index is 5.78. The summed E-state index contributed by atoms with van der Waals surface area (Å²) in [6, 6.07) is 0. The minimum Gasteiger partial charge on any atom is -0.398 e. The van der Waals surface area contributed by atoms with Gasteiger partial charge in [0.15, 0.2) is 0 Å². The van der Waals surface area contributed by atoms with E-state index in [0.717, 1.165) is 5.57 Å². The van der Waals surface area contributed by atoms with E-state index in [1.54, 1.807) is 6.21 Å². The molecule has 0 heterocycles. The second kappa shape index (κ2) is 3.47. The molecule has 0 aromatic rings. The Kier molecular flexibility index (Phi) is 2.56. The lowest BCUT2D eigenvalue weighted by atomic mass is 9.93. The predicted octanol–water partition coefficient (Wildman–Crippen LogP) is 1.30. The molecule has 0 fully saturated rings. The summed E-state index contributed by atoms with van der Waals surface area (Å²) in [5, 5.41) is 3.45. The van der Waals surface area contributed by atoms with E-state index in [9.17, 15) is 0 Å². The third kappa shape index (κ3) is 2.47. The Bertz CT molecular complexity index is 306. The van der Waals surface area contributed by atoms with Gasteiger partial charge in [-0.2, -0.15) is 5.10 Å². The van der Waals surface area contributed by atoms with Crippen LogP contribution < -0.4 is 11.6 Å². The summed E-state index contributed by atoms with van der Waals surface area (Å²) in [6.07, 6.45) is 9.50. The summed E-state index contributed by atoms with van der Waals surface area (Å²) >= 11 is 0. The Morgan fingerprint density at radius 3 is 2.54 bits per heavy atom. The molecule has 0 aromatic carbocycles. The first-order valence-corrected chi connectivity index (χ1v) is 4.17. The summed E-state index contributed by atoms with van der Waals surface area (Å²) < 4.78 is 0. The van der Waals surface area contributed by atoms with Crippen molar-refractivity contribution in [2.24, 2.45) is 22.1 Å². The molecule has 0 aromatic heterocycles. The molecule has 3 heteroatoms. The lowest BCUT2D eigenvalue weighted by Crippen LogP contribution is -2.01. The summed E-state index contributed by atoms with van der Waals surface area (Å²) in [5.41, 5.74) is 7.36. The number of allylic oxidation sites excluding steroid dienone is 5. The fourth-order valence-electron chi connectivity index (χ4n) is 1.05. The molecule has 1 aliphatic rings. The highest BCUT2D eigenvalue weighted by atomic mass is 15.1. The van der Waals surface area contributed by atoms with Crippen molar-refractivity contribution in [3.05, 3.63) is 35.6 Å². The number of nitrogens with zero attached hydrogens (tertiary/aromatic N) is 1. The van der Waals surface area contributed by atoms with E-state index in [1.165, 1.54) is 0 Å². The highest BCUT2D eigenvalue weighted by Crippen LogP contribution is 2.23. The van der Waals surface area contributed by atoms with Crippen LogP contribution >= 0.6 is 0 Å². The molecule has 3 nitrogen and oxygen atoms in total. The first kappa shape index (κ1) is 9.58. The average molecular weight is 177 g/mol. The predicted molar refractivity (Wildman–Crippen MR) is 56.0 cm³/mol. The molecule has 0 aliphatic heterocycles. The van der Waals surface area contributed by atoms with Gasteiger partial charge in [-0.1, -0.05) is 32.1 Å². The van der Waals surface area contributed by atoms with Gasteiger partial charge in [-0.05, 0) is 6.08 Å². The van der Waals surface area contributed by atoms with Crippen molar-refractivity contribution in [3.63, 3.8) is 0 Å². The second-order valence-corrected chi connectivity index (χ2v) is 3.68. The fraction of sp³-hybridized carbons (Fsp3) is 0.300. The highest BCUT2D eigenvalue weighted by Gasteiger charge is 2.11. The molecule has 0 amide bonds. The van der Waals surface area contributed by atoms with E-state index in [1.807, 2.05) is 12.2 Å². The van der Waals surface area contributed by atoms with Crippen molar-refractivity contribution in [1.29, 1.82) is 0 Å². The number of hydrogen-bond acceptors (Lipinski definition) is 3. The van der Waals surface area contributed by atoms with E-state index in [0.29, 0.717) is 5.70 Å². The van der Waals surface area contributed by atoms with E-state index in [2.05, 4.69) is 31.1 Å². The summed E-state index contributed by atoms with van der Waals surface area (Å²) in [7, 11) is 0. The molecular formula is C10H15N3. The third-order valence-electron chi connectivity index (χ3n) is 1.93. The molecule has 1 rings (SSSR count). The van der Waals surface area contributed by atoms with Gasteiger partial charge >= 0.3 is 0 Å². The molecule has 0 radical (unpaired) electrons. The number of rotatable bonds is 1. The smallest absolute Gasteiger partial charge is 0.0558 e. The van der Waals surface area contributed by atoms with Crippen LogP contribution in [0.2, 0.25) is 0 Å². The molecule has 0 saturated carbocycles. The van der Waals surface area contributed by atoms with Crippen LogP contribution in [0.3, 0.4) is 0 Å². The Morgan fingerprint density at radius 2 is 1.92 bits per heavy atom. The van der Waals surface area contributed by atoms with Gasteiger partial charge in [-0.3, -0.25) is 0 Å². The Balaban J connectivity index is 3.04. The SMILES string of the molecule is CC1(C)C=CC(N)=C(/C=N\N)C=C1. The van der Waals surface area contributed by atoms with Crippen molar-refractivity contribution in [2.75, 3.05) is 0 Å². The van der Waals surface area contributed by atoms with Gasteiger partial charge in [0.05, 0.1) is 6.21 Å². The van der Waals surface area contributed by atoms with Crippen LogP contribution in [0.4, 0.5) is 0 Å². The zero-order valence-corrected chi connectivity index (χ0v) is 7.99. The zero-order valence-electron chi connectivity index (χ0n) is 7.99. The van der Waals surface area contributed by atoms with E-state index in [4.69, 9.17) is 11.6 Å². The van der Waals surface area contributed by atoms with Crippen LogP contribution in [0.5, 0.6) is 0 Å². The molecule has 0 atom stereocenters. The van der Waals surface area contributed by atoms with Gasteiger partial charge in [-0.15, -0.1) is 0 Å². The van der Waals surface area contributed by atoms with Gasteiger partial charge in [0.25, 0.3) is 0 Å². The second-order valence-electron chi connectivity index (χ2n) is 3.68. The molecule has 1 aliphatic carbocycles. The lowest BCUT2D eigenvalue weighted by Gasteiger charge is -2.12. The molecule has 4 N–H and O–H groups in total. The first-order chi connectivity index (χ1) is 6.05. The van der Waals surface area contributed by atoms with Gasteiger partial charge in [0.2, 0.25) is 0 Å². The van der Waals surface area contributed by atoms with E-state index in [-0.39, 0.29) is 5.41 Å². The van der Waals surface area contributed by atoms with Crippen LogP contribution in [0.25, 0.3) is 0 Å². The topological polar surface area (TPSA) is 64.4 Å². The molecule has 0 spiro atoms. The highest BCUT2D eigenvalue weighted by molar-refractivity contribution is 5.84. The molecule has 0 unspecified atom stereocenters. The van der Waals surface area contributed by atoms with Crippen molar-refractivity contribution in [1.82, 2.24) is 0 Å². The largest absolute Gasteiger partial charge is 0.398 e. The summed E-state index contributed by atoms with van der Waals surface area (Å²) in [5.74, 6) is 5.06. The Morgan fingerprint density at radius 1 is 1.31 bits per heavy atom. The first-order valence-electron chi connectivity index (χ1n) is 4.17. The van der Waals surface area contributed by atoms with Crippen molar-refractivity contribution < 1.29 is 0 Å². The van der Waals surface area contributed by atoms with Crippen molar-refractivity contribution in [2.45, 2.75) is 13.8 Å². The Hall–Kier alpha value is -1.51. The van der Waals surface area contributed by atoms with Crippen LogP contribution in [-0.4, -0.2) is 6.21 Å². The zero-order chi connectivity index (χ0) is 9.90. The van der Waals surface area contributed by atoms with Crippen LogP contribution in [0, 0.1) is 5.41 Å². The molecule has 0 saturated heterocycles. The van der Waals surface area contributed by atoms with Crippen LogP contribution in [0.15, 0.2) is 40.7 Å². The van der Waals surface area contributed by atoms with Crippen molar-refractivity contribution in [3.8, 4) is 0 Å². The van der Waals surface area contributed by atoms with Gasteiger partial charge in [0.1, 0.15) is 0 Å². The number of hydrazone groups is 1. The maximum atomic E-state index is 5.78. The fourth-order valence-corrected chi connectivity index (χ4v) is 1.05. The van der Waals surface area contributed by atoms with Gasteiger partial charge in [0, 0.05) is 16.7 Å². The minimum atomic E-state index is 0.0365. The van der Waals surface area contributed by atoms with Gasteiger partial charge < -0.3 is 11.6 Å². The van der Waals surface area contributed by atoms with Crippen LogP contribution in [-0.2, 0) is 0 Å².